The molecule has 0 saturated carbocycles. The van der Waals surface area contributed by atoms with Gasteiger partial charge in [-0.1, -0.05) is 13.8 Å². The Balaban J connectivity index is 2.37. The van der Waals surface area contributed by atoms with E-state index in [9.17, 15) is 9.59 Å². The number of carbonyl (C=O) groups excluding carboxylic acids is 1. The van der Waals surface area contributed by atoms with Gasteiger partial charge in [0.25, 0.3) is 0 Å². The number of aromatic nitrogens is 1. The van der Waals surface area contributed by atoms with Crippen molar-refractivity contribution >= 4 is 6.03 Å². The summed E-state index contributed by atoms with van der Waals surface area (Å²) in [4.78, 5) is 25.5. The van der Waals surface area contributed by atoms with E-state index in [1.807, 2.05) is 13.8 Å². The number of hydrogen-bond donors (Lipinski definition) is 0. The van der Waals surface area contributed by atoms with Crippen molar-refractivity contribution in [2.75, 3.05) is 13.1 Å². The number of hydrogen-bond acceptors (Lipinski definition) is 3. The van der Waals surface area contributed by atoms with E-state index in [0.29, 0.717) is 18.4 Å². The Morgan fingerprint density at radius 3 is 2.41 bits per heavy atom. The first-order valence-corrected chi connectivity index (χ1v) is 6.22. The fourth-order valence-electron chi connectivity index (χ4n) is 2.33. The monoisotopic (exact) mass is 238 g/mol. The van der Waals surface area contributed by atoms with Crippen LogP contribution >= 0.6 is 0 Å². The van der Waals surface area contributed by atoms with Crippen LogP contribution in [-0.2, 0) is 12.8 Å². The Morgan fingerprint density at radius 2 is 1.88 bits per heavy atom. The van der Waals surface area contributed by atoms with E-state index in [4.69, 9.17) is 4.52 Å². The van der Waals surface area contributed by atoms with E-state index in [0.717, 1.165) is 31.6 Å². The van der Waals surface area contributed by atoms with Crippen LogP contribution in [-0.4, -0.2) is 28.8 Å². The largest absolute Gasteiger partial charge is 0.361 e. The number of nitrogens with zero attached hydrogens (tertiary/aromatic N) is 2. The zero-order valence-electron chi connectivity index (χ0n) is 10.4. The molecular formula is C12H18N2O3. The van der Waals surface area contributed by atoms with Gasteiger partial charge in [0.15, 0.2) is 0 Å². The van der Waals surface area contributed by atoms with Gasteiger partial charge in [-0.2, -0.15) is 0 Å². The fraction of sp³-hybridized carbons (Fsp3) is 0.667. The predicted octanol–water partition coefficient (Wildman–Crippen LogP) is 1.63. The van der Waals surface area contributed by atoms with Crippen LogP contribution < -0.4 is 5.63 Å². The average Bonchev–Trinajstić information content (AvgIpc) is 2.94. The summed E-state index contributed by atoms with van der Waals surface area (Å²) in [6, 6.07) is -0.198. The smallest absolute Gasteiger partial charge is 0.327 e. The van der Waals surface area contributed by atoms with Gasteiger partial charge in [0.1, 0.15) is 0 Å². The quantitative estimate of drug-likeness (QED) is 0.786. The molecule has 2 rings (SSSR count). The van der Waals surface area contributed by atoms with E-state index >= 15 is 0 Å². The van der Waals surface area contributed by atoms with Crippen LogP contribution in [0.15, 0.2) is 9.32 Å². The van der Waals surface area contributed by atoms with Crippen molar-refractivity contribution in [1.29, 1.82) is 0 Å². The molecule has 0 N–H and O–H groups in total. The summed E-state index contributed by atoms with van der Waals surface area (Å²) in [5.74, 6) is 0. The maximum absolute atomic E-state index is 12.2. The van der Waals surface area contributed by atoms with Gasteiger partial charge in [0.2, 0.25) is 0 Å². The molecule has 1 amide bonds. The van der Waals surface area contributed by atoms with E-state index in [-0.39, 0.29) is 11.7 Å². The first kappa shape index (κ1) is 12.0. The molecule has 0 aliphatic carbocycles. The van der Waals surface area contributed by atoms with Crippen LogP contribution in [0.2, 0.25) is 0 Å². The first-order chi connectivity index (χ1) is 8.19. The first-order valence-electron chi connectivity index (χ1n) is 6.22. The lowest BCUT2D eigenvalue weighted by molar-refractivity contribution is 0.173. The molecule has 5 heteroatoms. The summed E-state index contributed by atoms with van der Waals surface area (Å²) >= 11 is 0. The molecule has 0 unspecified atom stereocenters. The molecule has 94 valence electrons. The molecule has 1 fully saturated rings. The van der Waals surface area contributed by atoms with Gasteiger partial charge in [0, 0.05) is 13.1 Å². The van der Waals surface area contributed by atoms with Gasteiger partial charge >= 0.3 is 11.7 Å². The summed E-state index contributed by atoms with van der Waals surface area (Å²) in [6.45, 7) is 5.34. The molecule has 0 spiro atoms. The van der Waals surface area contributed by atoms with Crippen LogP contribution in [0.5, 0.6) is 0 Å². The Hall–Kier alpha value is -1.52. The third-order valence-corrected chi connectivity index (χ3v) is 3.25. The maximum Gasteiger partial charge on any atom is 0.361 e. The lowest BCUT2D eigenvalue weighted by Crippen LogP contribution is -2.32. The number of likely N-dealkylation sites (tertiary alicyclic amines) is 1. The van der Waals surface area contributed by atoms with Crippen molar-refractivity contribution in [2.24, 2.45) is 0 Å². The summed E-state index contributed by atoms with van der Waals surface area (Å²) in [5, 5.41) is 0. The Bertz CT molecular complexity index is 467. The normalized spacial score (nSPS) is 15.5. The molecule has 1 aromatic rings. The number of carbonyl (C=O) groups is 1. The SMILES string of the molecule is CCc1c(CC)n(C(=O)N2CCCC2)oc1=O. The second-order valence-corrected chi connectivity index (χ2v) is 4.28. The van der Waals surface area contributed by atoms with Crippen LogP contribution in [0.25, 0.3) is 0 Å². The highest BCUT2D eigenvalue weighted by Gasteiger charge is 2.25. The molecule has 5 nitrogen and oxygen atoms in total. The highest BCUT2D eigenvalue weighted by Crippen LogP contribution is 2.13. The van der Waals surface area contributed by atoms with E-state index in [1.165, 1.54) is 4.74 Å². The summed E-state index contributed by atoms with van der Waals surface area (Å²) in [5.41, 5.74) is 0.964. The zero-order valence-corrected chi connectivity index (χ0v) is 10.4. The standard InChI is InChI=1S/C12H18N2O3/c1-3-9-10(4-2)14(17-11(9)15)12(16)13-7-5-6-8-13/h3-8H2,1-2H3. The molecule has 0 bridgehead atoms. The third kappa shape index (κ3) is 2.01. The van der Waals surface area contributed by atoms with Crippen molar-refractivity contribution in [3.05, 3.63) is 21.7 Å². The zero-order chi connectivity index (χ0) is 12.4. The average molecular weight is 238 g/mol. The molecule has 0 radical (unpaired) electrons. The molecule has 2 heterocycles. The van der Waals surface area contributed by atoms with Crippen LogP contribution in [0, 0.1) is 0 Å². The highest BCUT2D eigenvalue weighted by atomic mass is 16.5. The number of rotatable bonds is 2. The van der Waals surface area contributed by atoms with E-state index < -0.39 is 0 Å². The van der Waals surface area contributed by atoms with Gasteiger partial charge in [-0.15, -0.1) is 4.74 Å². The number of amides is 1. The molecule has 1 aliphatic rings. The molecule has 0 atom stereocenters. The molecule has 1 aromatic heterocycles. The molecule has 1 aliphatic heterocycles. The summed E-state index contributed by atoms with van der Waals surface area (Å²) in [6.07, 6.45) is 3.29. The van der Waals surface area contributed by atoms with Gasteiger partial charge in [-0.3, -0.25) is 0 Å². The Labute approximate surface area is 100.0 Å². The lowest BCUT2D eigenvalue weighted by Gasteiger charge is -2.15. The van der Waals surface area contributed by atoms with E-state index in [2.05, 4.69) is 0 Å². The van der Waals surface area contributed by atoms with Crippen molar-refractivity contribution in [3.8, 4) is 0 Å². The second kappa shape index (κ2) is 4.77. The highest BCUT2D eigenvalue weighted by molar-refractivity contribution is 5.76. The topological polar surface area (TPSA) is 55.5 Å². The second-order valence-electron chi connectivity index (χ2n) is 4.28. The Morgan fingerprint density at radius 1 is 1.24 bits per heavy atom. The maximum atomic E-state index is 12.2. The van der Waals surface area contributed by atoms with Crippen LogP contribution in [0.4, 0.5) is 4.79 Å². The summed E-state index contributed by atoms with van der Waals surface area (Å²) < 4.78 is 6.26. The van der Waals surface area contributed by atoms with Crippen molar-refractivity contribution in [2.45, 2.75) is 39.5 Å². The van der Waals surface area contributed by atoms with Gasteiger partial charge in [0.05, 0.1) is 11.3 Å². The van der Waals surface area contributed by atoms with Crippen molar-refractivity contribution in [3.63, 3.8) is 0 Å². The third-order valence-electron chi connectivity index (χ3n) is 3.25. The summed E-state index contributed by atoms with van der Waals surface area (Å²) in [7, 11) is 0. The van der Waals surface area contributed by atoms with Gasteiger partial charge in [-0.05, 0) is 25.7 Å². The van der Waals surface area contributed by atoms with Gasteiger partial charge < -0.3 is 9.42 Å². The molecule has 0 aromatic carbocycles. The lowest BCUT2D eigenvalue weighted by atomic mass is 10.1. The Kier molecular flexibility index (Phi) is 3.36. The minimum atomic E-state index is -0.378. The fourth-order valence-corrected chi connectivity index (χ4v) is 2.33. The van der Waals surface area contributed by atoms with Crippen molar-refractivity contribution < 1.29 is 9.32 Å². The van der Waals surface area contributed by atoms with Gasteiger partial charge in [-0.25, -0.2) is 9.59 Å². The van der Waals surface area contributed by atoms with E-state index in [1.54, 1.807) is 4.90 Å². The molecular weight excluding hydrogens is 220 g/mol. The van der Waals surface area contributed by atoms with Crippen LogP contribution in [0.1, 0.15) is 37.9 Å². The minimum absolute atomic E-state index is 0.198. The van der Waals surface area contributed by atoms with Crippen molar-refractivity contribution in [1.82, 2.24) is 9.64 Å². The molecule has 17 heavy (non-hydrogen) atoms. The predicted molar refractivity (Wildman–Crippen MR) is 63.3 cm³/mol. The molecule has 1 saturated heterocycles. The van der Waals surface area contributed by atoms with Crippen LogP contribution in [0.3, 0.4) is 0 Å². The minimum Gasteiger partial charge on any atom is -0.327 e.